The van der Waals surface area contributed by atoms with Crippen LogP contribution in [0.25, 0.3) is 0 Å². The molecule has 0 spiro atoms. The molecule has 0 radical (unpaired) electrons. The van der Waals surface area contributed by atoms with E-state index in [1.807, 2.05) is 66.4 Å². The Labute approximate surface area is 230 Å². The van der Waals surface area contributed by atoms with Crippen molar-refractivity contribution < 1.29 is 9.59 Å². The quantitative estimate of drug-likeness (QED) is 0.146. The Kier molecular flexibility index (Phi) is 10.4. The average molecular weight is 534 g/mol. The molecule has 3 aromatic rings. The van der Waals surface area contributed by atoms with Crippen molar-refractivity contribution in [3.05, 3.63) is 95.1 Å². The van der Waals surface area contributed by atoms with Crippen molar-refractivity contribution in [1.82, 2.24) is 5.32 Å². The lowest BCUT2D eigenvalue weighted by atomic mass is 9.99. The monoisotopic (exact) mass is 533 g/mol. The molecule has 4 rings (SSSR count). The van der Waals surface area contributed by atoms with Crippen molar-refractivity contribution in [1.29, 1.82) is 5.41 Å². The van der Waals surface area contributed by atoms with Gasteiger partial charge in [0.25, 0.3) is 0 Å². The Bertz CT molecular complexity index is 1230. The van der Waals surface area contributed by atoms with Crippen LogP contribution in [0.3, 0.4) is 0 Å². The molecule has 1 heterocycles. The summed E-state index contributed by atoms with van der Waals surface area (Å²) in [5, 5.41) is 10.8. The molecule has 8 heteroatoms. The van der Waals surface area contributed by atoms with Gasteiger partial charge in [-0.3, -0.25) is 20.3 Å². The van der Waals surface area contributed by atoms with Gasteiger partial charge < -0.3 is 15.5 Å². The maximum Gasteiger partial charge on any atom is 0.227 e. The molecular weight excluding hydrogens is 498 g/mol. The fraction of sp³-hybridized carbons (Fsp3) is 0.300. The van der Waals surface area contributed by atoms with Gasteiger partial charge in [0.15, 0.2) is 6.29 Å². The molecule has 1 amide bonds. The summed E-state index contributed by atoms with van der Waals surface area (Å²) in [4.78, 5) is 29.2. The number of hydrogen-bond donors (Lipinski definition) is 3. The van der Waals surface area contributed by atoms with Gasteiger partial charge in [-0.25, -0.2) is 0 Å². The van der Waals surface area contributed by atoms with Gasteiger partial charge in [0.05, 0.1) is 0 Å². The minimum Gasteiger partial charge on any atom is -0.384 e. The summed E-state index contributed by atoms with van der Waals surface area (Å²) in [6.07, 6.45) is 3.34. The molecule has 1 aliphatic rings. The standard InChI is InChI=1S/C30H35N5O2.ClH/c1-2-33-28(21-36)35(20-23-7-4-3-5-8-23)26-15-16-27-25(19-26)9-6-18-34(27)29(37)17-12-22-10-13-24(14-11-22)30(31)32;/h3-5,7-8,10-11,13-16,19,21,28,33H,2,6,9,12,17-18,20H2,1H3,(H3,31,32);1H. The average Bonchev–Trinajstić information content (AvgIpc) is 2.93. The highest BCUT2D eigenvalue weighted by Gasteiger charge is 2.25. The van der Waals surface area contributed by atoms with Gasteiger partial charge in [-0.05, 0) is 60.7 Å². The van der Waals surface area contributed by atoms with Crippen LogP contribution in [0, 0.1) is 5.41 Å². The number of carbonyl (C=O) groups is 2. The van der Waals surface area contributed by atoms with Crippen LogP contribution in [0.5, 0.6) is 0 Å². The Balaban J connectivity index is 0.00000400. The highest BCUT2D eigenvalue weighted by molar-refractivity contribution is 5.96. The number of aldehydes is 1. The summed E-state index contributed by atoms with van der Waals surface area (Å²) in [5.74, 6) is 0.142. The Morgan fingerprint density at radius 1 is 1.11 bits per heavy atom. The topological polar surface area (TPSA) is 103 Å². The molecule has 200 valence electrons. The van der Waals surface area contributed by atoms with Crippen LogP contribution < -0.4 is 20.9 Å². The van der Waals surface area contributed by atoms with Crippen molar-refractivity contribution in [2.75, 3.05) is 22.9 Å². The number of amidine groups is 1. The number of benzene rings is 3. The predicted molar refractivity (Wildman–Crippen MR) is 156 cm³/mol. The first kappa shape index (κ1) is 28.9. The van der Waals surface area contributed by atoms with E-state index in [4.69, 9.17) is 11.1 Å². The van der Waals surface area contributed by atoms with Crippen molar-refractivity contribution >= 4 is 41.8 Å². The van der Waals surface area contributed by atoms with Crippen LogP contribution in [0.2, 0.25) is 0 Å². The van der Waals surface area contributed by atoms with E-state index in [9.17, 15) is 9.59 Å². The number of nitrogens with one attached hydrogen (secondary N) is 2. The molecule has 4 N–H and O–H groups in total. The lowest BCUT2D eigenvalue weighted by molar-refractivity contribution is -0.118. The van der Waals surface area contributed by atoms with Gasteiger partial charge in [0.2, 0.25) is 5.91 Å². The first-order valence-corrected chi connectivity index (χ1v) is 12.9. The molecule has 38 heavy (non-hydrogen) atoms. The number of halogens is 1. The predicted octanol–water partition coefficient (Wildman–Crippen LogP) is 4.45. The summed E-state index contributed by atoms with van der Waals surface area (Å²) in [6.45, 7) is 3.97. The molecule has 1 atom stereocenters. The minimum absolute atomic E-state index is 0. The van der Waals surface area contributed by atoms with Crippen molar-refractivity contribution in [3.63, 3.8) is 0 Å². The fourth-order valence-electron chi connectivity index (χ4n) is 4.83. The second-order valence-corrected chi connectivity index (χ2v) is 9.32. The highest BCUT2D eigenvalue weighted by Crippen LogP contribution is 2.32. The third-order valence-corrected chi connectivity index (χ3v) is 6.78. The van der Waals surface area contributed by atoms with E-state index in [-0.39, 0.29) is 24.1 Å². The maximum atomic E-state index is 13.2. The van der Waals surface area contributed by atoms with Crippen molar-refractivity contribution in [2.45, 2.75) is 45.3 Å². The van der Waals surface area contributed by atoms with Gasteiger partial charge in [0.1, 0.15) is 12.0 Å². The Morgan fingerprint density at radius 3 is 2.50 bits per heavy atom. The molecular formula is C30H36ClN5O2. The number of aryl methyl sites for hydroxylation is 2. The van der Waals surface area contributed by atoms with Gasteiger partial charge in [-0.1, -0.05) is 61.5 Å². The molecule has 0 fully saturated rings. The summed E-state index contributed by atoms with van der Waals surface area (Å²) in [5.41, 5.74) is 11.4. The molecule has 0 aromatic heterocycles. The summed E-state index contributed by atoms with van der Waals surface area (Å²) in [7, 11) is 0. The van der Waals surface area contributed by atoms with Crippen LogP contribution in [0.4, 0.5) is 11.4 Å². The van der Waals surface area contributed by atoms with E-state index in [2.05, 4.69) is 28.4 Å². The van der Waals surface area contributed by atoms with E-state index in [0.717, 1.165) is 47.2 Å². The Morgan fingerprint density at radius 2 is 1.84 bits per heavy atom. The van der Waals surface area contributed by atoms with Gasteiger partial charge in [-0.15, -0.1) is 12.4 Å². The normalized spacial score (nSPS) is 13.1. The van der Waals surface area contributed by atoms with E-state index in [1.165, 1.54) is 0 Å². The van der Waals surface area contributed by atoms with E-state index in [1.54, 1.807) is 0 Å². The van der Waals surface area contributed by atoms with Gasteiger partial charge in [0, 0.05) is 36.4 Å². The first-order chi connectivity index (χ1) is 18.0. The number of nitrogens with zero attached hydrogens (tertiary/aromatic N) is 2. The van der Waals surface area contributed by atoms with Crippen LogP contribution in [0.15, 0.2) is 72.8 Å². The number of nitrogen functional groups attached to an aromatic ring is 1. The zero-order valence-electron chi connectivity index (χ0n) is 21.7. The van der Waals surface area contributed by atoms with Gasteiger partial charge in [-0.2, -0.15) is 0 Å². The van der Waals surface area contributed by atoms with E-state index >= 15 is 0 Å². The Hall–Kier alpha value is -3.68. The number of amides is 1. The zero-order valence-corrected chi connectivity index (χ0v) is 22.5. The largest absolute Gasteiger partial charge is 0.384 e. The van der Waals surface area contributed by atoms with E-state index in [0.29, 0.717) is 38.0 Å². The van der Waals surface area contributed by atoms with Crippen LogP contribution in [-0.4, -0.2) is 37.3 Å². The number of anilines is 2. The third kappa shape index (κ3) is 7.00. The van der Waals surface area contributed by atoms with Crippen molar-refractivity contribution in [3.8, 4) is 0 Å². The molecule has 0 saturated heterocycles. The fourth-order valence-corrected chi connectivity index (χ4v) is 4.83. The smallest absolute Gasteiger partial charge is 0.227 e. The summed E-state index contributed by atoms with van der Waals surface area (Å²) in [6, 6.07) is 23.8. The molecule has 7 nitrogen and oxygen atoms in total. The molecule has 1 unspecified atom stereocenters. The molecule has 1 aliphatic heterocycles. The summed E-state index contributed by atoms with van der Waals surface area (Å²) >= 11 is 0. The van der Waals surface area contributed by atoms with Crippen LogP contribution in [-0.2, 0) is 29.0 Å². The molecule has 0 aliphatic carbocycles. The number of fused-ring (bicyclic) bond motifs is 1. The number of nitrogens with two attached hydrogens (primary N) is 1. The molecule has 0 bridgehead atoms. The van der Waals surface area contributed by atoms with Crippen LogP contribution >= 0.6 is 12.4 Å². The lowest BCUT2D eigenvalue weighted by Gasteiger charge is -2.34. The van der Waals surface area contributed by atoms with Gasteiger partial charge >= 0.3 is 0 Å². The lowest BCUT2D eigenvalue weighted by Crippen LogP contribution is -2.47. The number of hydrogen-bond acceptors (Lipinski definition) is 5. The van der Waals surface area contributed by atoms with E-state index < -0.39 is 6.17 Å². The second-order valence-electron chi connectivity index (χ2n) is 9.32. The summed E-state index contributed by atoms with van der Waals surface area (Å²) < 4.78 is 0. The van der Waals surface area contributed by atoms with Crippen molar-refractivity contribution in [2.24, 2.45) is 5.73 Å². The zero-order chi connectivity index (χ0) is 26.2. The highest BCUT2D eigenvalue weighted by atomic mass is 35.5. The molecule has 3 aromatic carbocycles. The minimum atomic E-state index is -0.445. The first-order valence-electron chi connectivity index (χ1n) is 12.9. The second kappa shape index (κ2) is 13.7. The molecule has 0 saturated carbocycles. The number of rotatable bonds is 11. The van der Waals surface area contributed by atoms with Crippen LogP contribution in [0.1, 0.15) is 42.0 Å². The number of carbonyl (C=O) groups excluding carboxylic acids is 2. The number of likely N-dealkylation sites (N-methyl/N-ethyl adjacent to an activating group) is 1. The maximum absolute atomic E-state index is 13.2. The SMILES string of the molecule is CCNC(C=O)N(Cc1ccccc1)c1ccc2c(c1)CCCN2C(=O)CCc1ccc(C(=N)N)cc1.Cl. The third-order valence-electron chi connectivity index (χ3n) is 6.78.